The van der Waals surface area contributed by atoms with Crippen LogP contribution in [-0.2, 0) is 4.74 Å². The molecule has 1 aliphatic rings. The highest BCUT2D eigenvalue weighted by Gasteiger charge is 2.11. The van der Waals surface area contributed by atoms with Crippen molar-refractivity contribution in [2.24, 2.45) is 0 Å². The van der Waals surface area contributed by atoms with E-state index in [1.165, 1.54) is 5.56 Å². The van der Waals surface area contributed by atoms with Gasteiger partial charge in [0.05, 0.1) is 13.2 Å². The number of nitrogens with zero attached hydrogens (tertiary/aromatic N) is 3. The Balaban J connectivity index is 1.52. The highest BCUT2D eigenvalue weighted by Crippen LogP contribution is 2.32. The van der Waals surface area contributed by atoms with E-state index in [0.29, 0.717) is 11.5 Å². The first kappa shape index (κ1) is 18.0. The second-order valence-corrected chi connectivity index (χ2v) is 7.15. The lowest BCUT2D eigenvalue weighted by atomic mass is 10.2. The van der Waals surface area contributed by atoms with Gasteiger partial charge in [0.25, 0.3) is 0 Å². The number of nitrogens with two attached hydrogens (primary N) is 1. The zero-order valence-electron chi connectivity index (χ0n) is 14.6. The number of anilines is 2. The molecular weight excluding hydrogens is 334 g/mol. The number of hydrogen-bond acceptors (Lipinski definition) is 7. The highest BCUT2D eigenvalue weighted by molar-refractivity contribution is 7.99. The maximum Gasteiger partial charge on any atom is 0.153 e. The molecule has 25 heavy (non-hydrogen) atoms. The van der Waals surface area contributed by atoms with E-state index in [2.05, 4.69) is 51.4 Å². The van der Waals surface area contributed by atoms with Crippen LogP contribution in [0.15, 0.2) is 40.5 Å². The molecule has 7 heteroatoms. The van der Waals surface area contributed by atoms with Crippen LogP contribution in [0.3, 0.4) is 0 Å². The van der Waals surface area contributed by atoms with Gasteiger partial charge in [-0.05, 0) is 32.0 Å². The van der Waals surface area contributed by atoms with Crippen LogP contribution in [0.5, 0.6) is 0 Å². The van der Waals surface area contributed by atoms with E-state index in [9.17, 15) is 0 Å². The molecule has 0 atom stereocenters. The van der Waals surface area contributed by atoms with E-state index in [0.717, 1.165) is 55.7 Å². The van der Waals surface area contributed by atoms with E-state index < -0.39 is 0 Å². The third-order valence-electron chi connectivity index (χ3n) is 4.13. The highest BCUT2D eigenvalue weighted by atomic mass is 32.2. The van der Waals surface area contributed by atoms with Crippen LogP contribution in [0.1, 0.15) is 12.0 Å². The zero-order chi connectivity index (χ0) is 17.5. The van der Waals surface area contributed by atoms with E-state index in [1.54, 1.807) is 18.1 Å². The number of aromatic nitrogens is 2. The number of hydrogen-bond donors (Lipinski definition) is 2. The molecule has 1 saturated heterocycles. The lowest BCUT2D eigenvalue weighted by molar-refractivity contribution is 0.0378. The zero-order valence-corrected chi connectivity index (χ0v) is 15.4. The quantitative estimate of drug-likeness (QED) is 0.581. The van der Waals surface area contributed by atoms with Gasteiger partial charge < -0.3 is 15.8 Å². The monoisotopic (exact) mass is 359 g/mol. The first-order valence-electron chi connectivity index (χ1n) is 8.61. The van der Waals surface area contributed by atoms with Crippen LogP contribution >= 0.6 is 11.8 Å². The number of rotatable bonds is 7. The van der Waals surface area contributed by atoms with Gasteiger partial charge in [-0.15, -0.1) is 0 Å². The maximum atomic E-state index is 6.25. The Kier molecular flexibility index (Phi) is 6.49. The van der Waals surface area contributed by atoms with E-state index in [1.807, 2.05) is 0 Å². The molecular formula is C18H25N5OS. The number of morpholine rings is 1. The lowest BCUT2D eigenvalue weighted by Crippen LogP contribution is -2.37. The first-order valence-corrected chi connectivity index (χ1v) is 9.43. The molecule has 1 aliphatic heterocycles. The molecule has 0 saturated carbocycles. The Morgan fingerprint density at radius 1 is 1.20 bits per heavy atom. The van der Waals surface area contributed by atoms with Crippen LogP contribution in [0.2, 0.25) is 0 Å². The van der Waals surface area contributed by atoms with Crippen molar-refractivity contribution in [2.75, 3.05) is 50.4 Å². The summed E-state index contributed by atoms with van der Waals surface area (Å²) >= 11 is 1.56. The average molecular weight is 359 g/mol. The Labute approximate surface area is 153 Å². The fraction of sp³-hybridized carbons (Fsp3) is 0.444. The van der Waals surface area contributed by atoms with E-state index in [-0.39, 0.29) is 0 Å². The fourth-order valence-corrected chi connectivity index (χ4v) is 3.46. The third-order valence-corrected chi connectivity index (χ3v) is 5.16. The maximum absolute atomic E-state index is 6.25. The minimum absolute atomic E-state index is 0.611. The first-order chi connectivity index (χ1) is 12.2. The molecule has 0 aliphatic carbocycles. The lowest BCUT2D eigenvalue weighted by Gasteiger charge is -2.26. The predicted molar refractivity (Wildman–Crippen MR) is 102 cm³/mol. The van der Waals surface area contributed by atoms with Crippen LogP contribution in [0, 0.1) is 6.92 Å². The number of nitrogen functional groups attached to an aromatic ring is 1. The Bertz CT molecular complexity index is 674. The molecule has 0 unspecified atom stereocenters. The van der Waals surface area contributed by atoms with E-state index in [4.69, 9.17) is 10.5 Å². The molecule has 3 N–H and O–H groups in total. The smallest absolute Gasteiger partial charge is 0.153 e. The Morgan fingerprint density at radius 2 is 1.96 bits per heavy atom. The number of nitrogens with one attached hydrogen (secondary N) is 1. The molecule has 1 aromatic heterocycles. The van der Waals surface area contributed by atoms with Crippen LogP contribution in [-0.4, -0.2) is 54.3 Å². The summed E-state index contributed by atoms with van der Waals surface area (Å²) in [6.07, 6.45) is 2.61. The molecule has 0 bridgehead atoms. The number of ether oxygens (including phenoxy) is 1. The van der Waals surface area contributed by atoms with Gasteiger partial charge in [0.15, 0.2) is 5.82 Å². The molecule has 2 aromatic rings. The van der Waals surface area contributed by atoms with Crippen molar-refractivity contribution in [1.82, 2.24) is 14.9 Å². The van der Waals surface area contributed by atoms with Crippen LogP contribution < -0.4 is 11.1 Å². The molecule has 0 amide bonds. The van der Waals surface area contributed by atoms with Gasteiger partial charge in [0, 0.05) is 24.5 Å². The van der Waals surface area contributed by atoms with Crippen LogP contribution in [0.4, 0.5) is 11.5 Å². The third kappa shape index (κ3) is 5.32. The number of aryl methyl sites for hydroxylation is 1. The van der Waals surface area contributed by atoms with Crippen molar-refractivity contribution in [3.05, 3.63) is 36.2 Å². The average Bonchev–Trinajstić information content (AvgIpc) is 2.64. The van der Waals surface area contributed by atoms with Gasteiger partial charge in [0.1, 0.15) is 17.0 Å². The number of benzene rings is 1. The van der Waals surface area contributed by atoms with Crippen molar-refractivity contribution in [3.8, 4) is 0 Å². The minimum atomic E-state index is 0.611. The molecule has 134 valence electrons. The summed E-state index contributed by atoms with van der Waals surface area (Å²) in [6.45, 7) is 7.70. The summed E-state index contributed by atoms with van der Waals surface area (Å²) < 4.78 is 5.37. The summed E-state index contributed by atoms with van der Waals surface area (Å²) in [5.74, 6) is 0.714. The fourth-order valence-electron chi connectivity index (χ4n) is 2.65. The topological polar surface area (TPSA) is 76.3 Å². The molecule has 3 rings (SSSR count). The molecule has 0 spiro atoms. The molecule has 6 nitrogen and oxygen atoms in total. The Hall–Kier alpha value is -1.83. The van der Waals surface area contributed by atoms with Crippen molar-refractivity contribution >= 4 is 23.3 Å². The summed E-state index contributed by atoms with van der Waals surface area (Å²) in [4.78, 5) is 12.2. The molecule has 2 heterocycles. The summed E-state index contributed by atoms with van der Waals surface area (Å²) in [5, 5.41) is 4.13. The normalized spacial score (nSPS) is 15.2. The summed E-state index contributed by atoms with van der Waals surface area (Å²) in [5.41, 5.74) is 8.10. The van der Waals surface area contributed by atoms with E-state index >= 15 is 0 Å². The van der Waals surface area contributed by atoms with Gasteiger partial charge >= 0.3 is 0 Å². The van der Waals surface area contributed by atoms with Gasteiger partial charge in [-0.25, -0.2) is 9.97 Å². The summed E-state index contributed by atoms with van der Waals surface area (Å²) in [7, 11) is 0. The van der Waals surface area contributed by atoms with Crippen molar-refractivity contribution in [1.29, 1.82) is 0 Å². The van der Waals surface area contributed by atoms with Gasteiger partial charge in [-0.3, -0.25) is 4.90 Å². The standard InChI is InChI=1S/C18H25N5OS/c1-14-3-5-15(6-4-14)25-18-16(19)17(21-13-22-18)20-7-2-8-23-9-11-24-12-10-23/h3-6,13H,2,7-12,19H2,1H3,(H,20,21,22). The van der Waals surface area contributed by atoms with Gasteiger partial charge in [-0.2, -0.15) is 0 Å². The Morgan fingerprint density at radius 3 is 2.72 bits per heavy atom. The predicted octanol–water partition coefficient (Wildman–Crippen LogP) is 2.65. The SMILES string of the molecule is Cc1ccc(Sc2ncnc(NCCCN3CCOCC3)c2N)cc1. The van der Waals surface area contributed by atoms with Gasteiger partial charge in [0.2, 0.25) is 0 Å². The molecule has 1 fully saturated rings. The van der Waals surface area contributed by atoms with Crippen LogP contribution in [0.25, 0.3) is 0 Å². The molecule has 0 radical (unpaired) electrons. The van der Waals surface area contributed by atoms with Crippen molar-refractivity contribution in [3.63, 3.8) is 0 Å². The van der Waals surface area contributed by atoms with Gasteiger partial charge in [-0.1, -0.05) is 29.5 Å². The summed E-state index contributed by atoms with van der Waals surface area (Å²) in [6, 6.07) is 8.34. The molecule has 1 aromatic carbocycles. The second-order valence-electron chi connectivity index (χ2n) is 6.09. The second kappa shape index (κ2) is 9.03. The largest absolute Gasteiger partial charge is 0.394 e. The van der Waals surface area contributed by atoms with Crippen molar-refractivity contribution < 1.29 is 4.74 Å². The van der Waals surface area contributed by atoms with Crippen molar-refractivity contribution in [2.45, 2.75) is 23.3 Å². The minimum Gasteiger partial charge on any atom is -0.394 e.